The van der Waals surface area contributed by atoms with E-state index in [9.17, 15) is 4.79 Å². The van der Waals surface area contributed by atoms with Gasteiger partial charge in [0.2, 0.25) is 5.91 Å². The minimum Gasteiger partial charge on any atom is -0.326 e. The average molecular weight is 416 g/mol. The maximum atomic E-state index is 11.4. The molecule has 3 rings (SSSR count). The third kappa shape index (κ3) is 2.65. The van der Waals surface area contributed by atoms with Crippen molar-refractivity contribution in [3.8, 4) is 0 Å². The molecule has 2 aromatic carbocycles. The molecule has 1 heterocycles. The van der Waals surface area contributed by atoms with Gasteiger partial charge in [-0.2, -0.15) is 0 Å². The monoisotopic (exact) mass is 413 g/mol. The van der Waals surface area contributed by atoms with E-state index in [0.29, 0.717) is 6.42 Å². The zero-order valence-electron chi connectivity index (χ0n) is 10.3. The lowest BCUT2D eigenvalue weighted by atomic mass is 10.0. The highest BCUT2D eigenvalue weighted by Crippen LogP contribution is 2.37. The standard InChI is InChI=1S/C15H10Br2ClNO/c16-10-2-3-12(17)11(7-10)15(18)8-1-4-13-9(5-8)6-14(20)19-13/h1-5,7,15H,6H2,(H,19,20). The van der Waals surface area contributed by atoms with Crippen LogP contribution in [0.3, 0.4) is 0 Å². The topological polar surface area (TPSA) is 29.1 Å². The van der Waals surface area contributed by atoms with Gasteiger partial charge in [-0.1, -0.05) is 44.0 Å². The summed E-state index contributed by atoms with van der Waals surface area (Å²) in [6.07, 6.45) is 0.423. The van der Waals surface area contributed by atoms with Gasteiger partial charge in [-0.25, -0.2) is 0 Å². The van der Waals surface area contributed by atoms with E-state index in [1.54, 1.807) is 0 Å². The number of carbonyl (C=O) groups excluding carboxylic acids is 1. The van der Waals surface area contributed by atoms with E-state index in [-0.39, 0.29) is 11.3 Å². The Morgan fingerprint density at radius 1 is 1.15 bits per heavy atom. The van der Waals surface area contributed by atoms with E-state index < -0.39 is 0 Å². The van der Waals surface area contributed by atoms with Gasteiger partial charge in [0.05, 0.1) is 11.8 Å². The maximum Gasteiger partial charge on any atom is 0.228 e. The number of anilines is 1. The first-order valence-electron chi connectivity index (χ1n) is 6.06. The zero-order valence-corrected chi connectivity index (χ0v) is 14.2. The second-order valence-corrected chi connectivity index (χ2v) is 6.88. The molecule has 102 valence electrons. The van der Waals surface area contributed by atoms with Crippen LogP contribution in [-0.4, -0.2) is 5.91 Å². The Bertz CT molecular complexity index is 702. The lowest BCUT2D eigenvalue weighted by Gasteiger charge is -2.14. The summed E-state index contributed by atoms with van der Waals surface area (Å²) in [6, 6.07) is 11.8. The van der Waals surface area contributed by atoms with Gasteiger partial charge in [-0.15, -0.1) is 11.6 Å². The Balaban J connectivity index is 1.99. The summed E-state index contributed by atoms with van der Waals surface area (Å²) in [4.78, 5) is 11.4. The van der Waals surface area contributed by atoms with Crippen LogP contribution >= 0.6 is 43.5 Å². The second kappa shape index (κ2) is 5.51. The summed E-state index contributed by atoms with van der Waals surface area (Å²) in [5.41, 5.74) is 3.87. The molecular formula is C15H10Br2ClNO. The fourth-order valence-electron chi connectivity index (χ4n) is 2.30. The molecule has 0 aromatic heterocycles. The predicted molar refractivity (Wildman–Crippen MR) is 88.3 cm³/mol. The van der Waals surface area contributed by atoms with Crippen molar-refractivity contribution >= 4 is 55.1 Å². The van der Waals surface area contributed by atoms with E-state index in [1.165, 1.54) is 0 Å². The molecule has 0 saturated heterocycles. The van der Waals surface area contributed by atoms with Crippen LogP contribution in [0.2, 0.25) is 0 Å². The van der Waals surface area contributed by atoms with E-state index in [4.69, 9.17) is 11.6 Å². The number of halogens is 3. The number of amides is 1. The minimum absolute atomic E-state index is 0.0342. The number of hydrogen-bond acceptors (Lipinski definition) is 1. The Morgan fingerprint density at radius 3 is 2.75 bits per heavy atom. The van der Waals surface area contributed by atoms with Crippen LogP contribution in [0.15, 0.2) is 45.3 Å². The Morgan fingerprint density at radius 2 is 1.95 bits per heavy atom. The van der Waals surface area contributed by atoms with Crippen molar-refractivity contribution in [2.75, 3.05) is 5.32 Å². The highest BCUT2D eigenvalue weighted by Gasteiger charge is 2.21. The van der Waals surface area contributed by atoms with Crippen molar-refractivity contribution in [1.82, 2.24) is 0 Å². The van der Waals surface area contributed by atoms with Crippen LogP contribution < -0.4 is 5.32 Å². The lowest BCUT2D eigenvalue weighted by molar-refractivity contribution is -0.115. The second-order valence-electron chi connectivity index (χ2n) is 4.67. The molecule has 0 fully saturated rings. The van der Waals surface area contributed by atoms with Crippen LogP contribution in [0.25, 0.3) is 0 Å². The number of nitrogens with one attached hydrogen (secondary N) is 1. The Hall–Kier alpha value is -0.840. The summed E-state index contributed by atoms with van der Waals surface area (Å²) in [6.45, 7) is 0. The van der Waals surface area contributed by atoms with Gasteiger partial charge in [-0.3, -0.25) is 4.79 Å². The van der Waals surface area contributed by atoms with Crippen molar-refractivity contribution < 1.29 is 4.79 Å². The number of hydrogen-bond donors (Lipinski definition) is 1. The Kier molecular flexibility index (Phi) is 3.89. The lowest BCUT2D eigenvalue weighted by Crippen LogP contribution is -2.03. The zero-order chi connectivity index (χ0) is 14.3. The number of alkyl halides is 1. The molecule has 20 heavy (non-hydrogen) atoms. The molecule has 0 spiro atoms. The quantitative estimate of drug-likeness (QED) is 0.685. The average Bonchev–Trinajstić information content (AvgIpc) is 2.79. The number of benzene rings is 2. The number of fused-ring (bicyclic) bond motifs is 1. The fourth-order valence-corrected chi connectivity index (χ4v) is 3.60. The van der Waals surface area contributed by atoms with Crippen molar-refractivity contribution in [3.63, 3.8) is 0 Å². The molecule has 1 N–H and O–H groups in total. The summed E-state index contributed by atoms with van der Waals surface area (Å²) < 4.78 is 1.95. The molecule has 1 atom stereocenters. The van der Waals surface area contributed by atoms with Gasteiger partial charge in [0.25, 0.3) is 0 Å². The molecule has 2 nitrogen and oxygen atoms in total. The fraction of sp³-hybridized carbons (Fsp3) is 0.133. The van der Waals surface area contributed by atoms with Gasteiger partial charge in [0.1, 0.15) is 0 Å². The molecule has 0 radical (unpaired) electrons. The van der Waals surface area contributed by atoms with Crippen LogP contribution in [0.1, 0.15) is 22.1 Å². The maximum absolute atomic E-state index is 11.4. The molecule has 1 amide bonds. The van der Waals surface area contributed by atoms with E-state index in [2.05, 4.69) is 37.2 Å². The third-order valence-corrected chi connectivity index (χ3v) is 4.98. The Labute approximate surface area is 138 Å². The van der Waals surface area contributed by atoms with Crippen LogP contribution in [0, 0.1) is 0 Å². The van der Waals surface area contributed by atoms with Gasteiger partial charge in [0, 0.05) is 14.6 Å². The largest absolute Gasteiger partial charge is 0.326 e. The number of carbonyl (C=O) groups is 1. The van der Waals surface area contributed by atoms with Crippen molar-refractivity contribution in [2.45, 2.75) is 11.8 Å². The molecule has 1 aliphatic rings. The smallest absolute Gasteiger partial charge is 0.228 e. The summed E-state index contributed by atoms with van der Waals surface area (Å²) in [5, 5.41) is 2.56. The summed E-state index contributed by atoms with van der Waals surface area (Å²) >= 11 is 13.6. The third-order valence-electron chi connectivity index (χ3n) is 3.28. The molecule has 5 heteroatoms. The van der Waals surface area contributed by atoms with Gasteiger partial charge < -0.3 is 5.32 Å². The van der Waals surface area contributed by atoms with Crippen molar-refractivity contribution in [3.05, 3.63) is 62.0 Å². The van der Waals surface area contributed by atoms with Gasteiger partial charge in [0.15, 0.2) is 0 Å². The van der Waals surface area contributed by atoms with E-state index >= 15 is 0 Å². The first-order valence-corrected chi connectivity index (χ1v) is 8.08. The molecule has 2 aromatic rings. The summed E-state index contributed by atoms with van der Waals surface area (Å²) in [5.74, 6) is 0.0342. The van der Waals surface area contributed by atoms with Crippen LogP contribution in [0.5, 0.6) is 0 Å². The normalized spacial score (nSPS) is 14.8. The summed E-state index contributed by atoms with van der Waals surface area (Å²) in [7, 11) is 0. The molecule has 0 aliphatic carbocycles. The molecule has 0 bridgehead atoms. The minimum atomic E-state index is -0.261. The van der Waals surface area contributed by atoms with Crippen LogP contribution in [0.4, 0.5) is 5.69 Å². The first-order chi connectivity index (χ1) is 9.54. The molecule has 1 aliphatic heterocycles. The highest BCUT2D eigenvalue weighted by molar-refractivity contribution is 9.11. The highest BCUT2D eigenvalue weighted by atomic mass is 79.9. The SMILES string of the molecule is O=C1Cc2cc(C(Cl)c3cc(Br)ccc3Br)ccc2N1. The van der Waals surface area contributed by atoms with Gasteiger partial charge in [-0.05, 0) is 41.0 Å². The molecular weight excluding hydrogens is 405 g/mol. The molecule has 0 saturated carbocycles. The number of rotatable bonds is 2. The van der Waals surface area contributed by atoms with Crippen molar-refractivity contribution in [2.24, 2.45) is 0 Å². The van der Waals surface area contributed by atoms with Crippen molar-refractivity contribution in [1.29, 1.82) is 0 Å². The van der Waals surface area contributed by atoms with Crippen LogP contribution in [-0.2, 0) is 11.2 Å². The van der Waals surface area contributed by atoms with E-state index in [0.717, 1.165) is 31.3 Å². The molecule has 1 unspecified atom stereocenters. The predicted octanol–water partition coefficient (Wildman–Crippen LogP) is 5.03. The first kappa shape index (κ1) is 14.1. The van der Waals surface area contributed by atoms with Gasteiger partial charge >= 0.3 is 0 Å². The van der Waals surface area contributed by atoms with E-state index in [1.807, 2.05) is 36.4 Å².